The average molecular weight is 338 g/mol. The highest BCUT2D eigenvalue weighted by atomic mass is 16.5. The van der Waals surface area contributed by atoms with Crippen LogP contribution in [0, 0.1) is 0 Å². The van der Waals surface area contributed by atoms with E-state index in [0.717, 1.165) is 0 Å². The maximum absolute atomic E-state index is 12.2. The van der Waals surface area contributed by atoms with Crippen LogP contribution in [0.1, 0.15) is 20.7 Å². The Hall–Kier alpha value is -3.48. The molecule has 25 heavy (non-hydrogen) atoms. The molecule has 7 nitrogen and oxygen atoms in total. The van der Waals surface area contributed by atoms with E-state index in [1.165, 1.54) is 26.4 Å². The Morgan fingerprint density at radius 2 is 1.08 bits per heavy atom. The van der Waals surface area contributed by atoms with Crippen molar-refractivity contribution in [2.75, 3.05) is 14.2 Å². The van der Waals surface area contributed by atoms with E-state index in [2.05, 4.69) is 4.42 Å². The van der Waals surface area contributed by atoms with Gasteiger partial charge in [0, 0.05) is 21.5 Å². The molecule has 0 spiro atoms. The zero-order chi connectivity index (χ0) is 17.9. The van der Waals surface area contributed by atoms with E-state index in [9.17, 15) is 19.2 Å². The first-order valence-corrected chi connectivity index (χ1v) is 7.26. The Kier molecular flexibility index (Phi) is 3.02. The predicted octanol–water partition coefficient (Wildman–Crippen LogP) is 1.70. The summed E-state index contributed by atoms with van der Waals surface area (Å²) in [6, 6.07) is 6.42. The highest BCUT2D eigenvalue weighted by molar-refractivity contribution is 6.54. The molecule has 0 N–H and O–H groups in total. The molecule has 0 saturated heterocycles. The number of Topliss-reactive ketones (excluding diaryl/α,β-unsaturated/α-hetero) is 2. The van der Waals surface area contributed by atoms with E-state index in [0.29, 0.717) is 22.3 Å². The quantitative estimate of drug-likeness (QED) is 0.656. The Bertz CT molecular complexity index is 1140. The van der Waals surface area contributed by atoms with Crippen LogP contribution < -0.4 is 20.7 Å². The Morgan fingerprint density at radius 3 is 1.44 bits per heavy atom. The topological polar surface area (TPSA) is 99.9 Å². The summed E-state index contributed by atoms with van der Waals surface area (Å²) in [7, 11) is 2.96. The predicted molar refractivity (Wildman–Crippen MR) is 88.0 cm³/mol. The van der Waals surface area contributed by atoms with Crippen molar-refractivity contribution < 1.29 is 23.5 Å². The summed E-state index contributed by atoms with van der Waals surface area (Å²) >= 11 is 0. The van der Waals surface area contributed by atoms with Gasteiger partial charge in [-0.25, -0.2) is 9.59 Å². The molecule has 5 rings (SSSR count). The molecular weight excluding hydrogens is 328 g/mol. The number of hydrogen-bond donors (Lipinski definition) is 0. The molecule has 0 amide bonds. The minimum Gasteiger partial charge on any atom is -0.496 e. The molecule has 2 aliphatic rings. The molecule has 1 aliphatic heterocycles. The standard InChI is InChI=1S/C18H10O7/c1-23-11-3-4-12(24-2)8-6-10-9(5-7(8)11)13-15(19)16(20)14(10)18(22)25-17(13)21/h3-6H,1-2H3. The fraction of sp³-hybridized carbons (Fsp3) is 0.111. The van der Waals surface area contributed by atoms with E-state index < -0.39 is 33.9 Å². The number of carbonyl (C=O) groups excluding carboxylic acids is 2. The first-order chi connectivity index (χ1) is 12.0. The highest BCUT2D eigenvalue weighted by Gasteiger charge is 2.35. The summed E-state index contributed by atoms with van der Waals surface area (Å²) in [6.45, 7) is 0. The van der Waals surface area contributed by atoms with Gasteiger partial charge in [0.25, 0.3) is 0 Å². The number of ether oxygens (including phenoxy) is 2. The van der Waals surface area contributed by atoms with Gasteiger partial charge in [0.05, 0.1) is 14.2 Å². The van der Waals surface area contributed by atoms with Gasteiger partial charge >= 0.3 is 11.3 Å². The van der Waals surface area contributed by atoms with E-state index in [1.807, 2.05) is 0 Å². The average Bonchev–Trinajstić information content (AvgIpc) is 2.75. The fourth-order valence-electron chi connectivity index (χ4n) is 3.17. The van der Waals surface area contributed by atoms with Crippen molar-refractivity contribution in [3.05, 3.63) is 56.2 Å². The molecule has 2 bridgehead atoms. The van der Waals surface area contributed by atoms with Crippen LogP contribution in [0.25, 0.3) is 21.5 Å². The minimum atomic E-state index is -1.13. The van der Waals surface area contributed by atoms with Crippen molar-refractivity contribution >= 4 is 33.1 Å². The summed E-state index contributed by atoms with van der Waals surface area (Å²) < 4.78 is 15.2. The molecule has 124 valence electrons. The van der Waals surface area contributed by atoms with Gasteiger partial charge in [-0.05, 0) is 24.3 Å². The lowest BCUT2D eigenvalue weighted by atomic mass is 9.89. The molecular formula is C18H10O7. The third-order valence-corrected chi connectivity index (χ3v) is 4.31. The van der Waals surface area contributed by atoms with Crippen molar-refractivity contribution in [3.63, 3.8) is 0 Å². The number of fused-ring (bicyclic) bond motifs is 4. The van der Waals surface area contributed by atoms with Crippen LogP contribution >= 0.6 is 0 Å². The molecule has 1 aromatic heterocycles. The second-order valence-corrected chi connectivity index (χ2v) is 5.50. The summed E-state index contributed by atoms with van der Waals surface area (Å²) in [4.78, 5) is 48.6. The largest absolute Gasteiger partial charge is 0.496 e. The number of methoxy groups -OCH3 is 2. The van der Waals surface area contributed by atoms with Crippen LogP contribution in [0.2, 0.25) is 0 Å². The van der Waals surface area contributed by atoms with Gasteiger partial charge in [0.2, 0.25) is 11.6 Å². The van der Waals surface area contributed by atoms with E-state index in [4.69, 9.17) is 9.47 Å². The monoisotopic (exact) mass is 338 g/mol. The van der Waals surface area contributed by atoms with Crippen LogP contribution in [0.15, 0.2) is 38.3 Å². The van der Waals surface area contributed by atoms with Gasteiger partial charge in [-0.15, -0.1) is 0 Å². The first kappa shape index (κ1) is 15.1. The maximum Gasteiger partial charge on any atom is 0.350 e. The van der Waals surface area contributed by atoms with Crippen LogP contribution in [0.3, 0.4) is 0 Å². The van der Waals surface area contributed by atoms with E-state index in [-0.39, 0.29) is 10.8 Å². The van der Waals surface area contributed by atoms with Crippen LogP contribution in [-0.4, -0.2) is 25.8 Å². The zero-order valence-corrected chi connectivity index (χ0v) is 13.2. The number of rotatable bonds is 2. The molecule has 0 radical (unpaired) electrons. The maximum atomic E-state index is 12.2. The molecule has 7 heteroatoms. The van der Waals surface area contributed by atoms with Gasteiger partial charge in [0.1, 0.15) is 22.6 Å². The van der Waals surface area contributed by atoms with Gasteiger partial charge in [-0.3, -0.25) is 9.59 Å². The van der Waals surface area contributed by atoms with Crippen molar-refractivity contribution in [3.8, 4) is 11.5 Å². The third kappa shape index (κ3) is 1.86. The molecule has 2 heterocycles. The highest BCUT2D eigenvalue weighted by Crippen LogP contribution is 2.38. The second-order valence-electron chi connectivity index (χ2n) is 5.50. The van der Waals surface area contributed by atoms with Gasteiger partial charge < -0.3 is 13.9 Å². The van der Waals surface area contributed by atoms with Crippen LogP contribution in [-0.2, 0) is 0 Å². The summed E-state index contributed by atoms with van der Waals surface area (Å²) in [5.74, 6) is -1.11. The minimum absolute atomic E-state index is 0.175. The molecule has 0 atom stereocenters. The molecule has 0 saturated carbocycles. The van der Waals surface area contributed by atoms with E-state index in [1.54, 1.807) is 12.1 Å². The Labute approximate surface area is 139 Å². The lowest BCUT2D eigenvalue weighted by Crippen LogP contribution is -2.24. The molecule has 1 aliphatic carbocycles. The zero-order valence-electron chi connectivity index (χ0n) is 13.2. The number of ketones is 2. The summed E-state index contributed by atoms with van der Waals surface area (Å²) in [5, 5.41) is 1.49. The Morgan fingerprint density at radius 1 is 0.680 bits per heavy atom. The summed E-state index contributed by atoms with van der Waals surface area (Å²) in [6.07, 6.45) is 0. The number of benzene rings is 2. The SMILES string of the molecule is COc1ccc(OC)c2cc3c4c(=O)oc(=O)c(c3cc12)C(=O)C4=O. The first-order valence-electron chi connectivity index (χ1n) is 7.26. The van der Waals surface area contributed by atoms with Crippen molar-refractivity contribution in [1.82, 2.24) is 0 Å². The molecule has 2 aromatic carbocycles. The van der Waals surface area contributed by atoms with E-state index >= 15 is 0 Å². The second kappa shape index (κ2) is 5.01. The molecule has 3 aromatic rings. The smallest absolute Gasteiger partial charge is 0.350 e. The van der Waals surface area contributed by atoms with Crippen LogP contribution in [0.5, 0.6) is 11.5 Å². The normalized spacial score (nSPS) is 12.9. The number of hydrogen-bond acceptors (Lipinski definition) is 7. The fourth-order valence-corrected chi connectivity index (χ4v) is 3.17. The molecule has 0 fully saturated rings. The third-order valence-electron chi connectivity index (χ3n) is 4.31. The van der Waals surface area contributed by atoms with Crippen molar-refractivity contribution in [2.24, 2.45) is 0 Å². The van der Waals surface area contributed by atoms with Crippen LogP contribution in [0.4, 0.5) is 0 Å². The Balaban J connectivity index is 2.37. The van der Waals surface area contributed by atoms with Crippen molar-refractivity contribution in [1.29, 1.82) is 0 Å². The lowest BCUT2D eigenvalue weighted by molar-refractivity contribution is 0.0817. The van der Waals surface area contributed by atoms with Gasteiger partial charge in [0.15, 0.2) is 0 Å². The van der Waals surface area contributed by atoms with Gasteiger partial charge in [-0.1, -0.05) is 0 Å². The summed E-state index contributed by atoms with van der Waals surface area (Å²) in [5.41, 5.74) is -3.14. The number of carbonyl (C=O) groups is 2. The van der Waals surface area contributed by atoms with Crippen molar-refractivity contribution in [2.45, 2.75) is 0 Å². The van der Waals surface area contributed by atoms with Gasteiger partial charge in [-0.2, -0.15) is 0 Å². The molecule has 0 unspecified atom stereocenters. The lowest BCUT2D eigenvalue weighted by Gasteiger charge is -2.13.